The van der Waals surface area contributed by atoms with E-state index < -0.39 is 23.5 Å². The molecule has 0 aliphatic carbocycles. The number of halogens is 1. The highest BCUT2D eigenvalue weighted by Crippen LogP contribution is 2.17. The van der Waals surface area contributed by atoms with Crippen LogP contribution < -0.4 is 4.74 Å². The summed E-state index contributed by atoms with van der Waals surface area (Å²) in [5.41, 5.74) is 0. The number of rotatable bonds is 6. The van der Waals surface area contributed by atoms with E-state index in [0.29, 0.717) is 0 Å². The van der Waals surface area contributed by atoms with E-state index in [1.54, 1.807) is 13.0 Å². The predicted octanol–water partition coefficient (Wildman–Crippen LogP) is 2.34. The van der Waals surface area contributed by atoms with Crippen LogP contribution in [0.25, 0.3) is 0 Å². The van der Waals surface area contributed by atoms with E-state index in [0.717, 1.165) is 0 Å². The number of para-hydroxylation sites is 1. The first-order valence-corrected chi connectivity index (χ1v) is 6.12. The fourth-order valence-corrected chi connectivity index (χ4v) is 1.52. The van der Waals surface area contributed by atoms with Gasteiger partial charge in [0, 0.05) is 6.42 Å². The van der Waals surface area contributed by atoms with Gasteiger partial charge in [0.1, 0.15) is 11.7 Å². The third kappa shape index (κ3) is 4.46. The molecule has 0 spiro atoms. The number of hydrogen-bond acceptors (Lipinski definition) is 5. The highest BCUT2D eigenvalue weighted by molar-refractivity contribution is 6.01. The number of benzene rings is 1. The second kappa shape index (κ2) is 7.37. The number of Topliss-reactive ketones (excluding diaryl/α,β-unsaturated/α-hetero) is 1. The molecule has 0 saturated carbocycles. The number of carbonyl (C=O) groups excluding carboxylic acids is 2. The summed E-state index contributed by atoms with van der Waals surface area (Å²) in [6.07, 6.45) is -0.261. The minimum absolute atomic E-state index is 0.122. The molecule has 0 saturated heterocycles. The van der Waals surface area contributed by atoms with E-state index >= 15 is 0 Å². The number of ether oxygens (including phenoxy) is 2. The van der Waals surface area contributed by atoms with Crippen LogP contribution in [0.15, 0.2) is 24.3 Å². The molecular weight excluding hydrogens is 265 g/mol. The zero-order valence-electron chi connectivity index (χ0n) is 11.3. The van der Waals surface area contributed by atoms with Crippen LogP contribution in [-0.4, -0.2) is 24.3 Å². The largest absolute Gasteiger partial charge is 0.465 e. The molecule has 0 heterocycles. The maximum atomic E-state index is 13.3. The van der Waals surface area contributed by atoms with Crippen molar-refractivity contribution >= 4 is 17.7 Å². The van der Waals surface area contributed by atoms with Gasteiger partial charge in [-0.25, -0.2) is 4.39 Å². The summed E-state index contributed by atoms with van der Waals surface area (Å²) in [5.74, 6) is -3.35. The predicted molar refractivity (Wildman–Crippen MR) is 70.2 cm³/mol. The molecule has 108 valence electrons. The lowest BCUT2D eigenvalue weighted by atomic mass is 10.0. The molecule has 0 bridgehead atoms. The van der Waals surface area contributed by atoms with Gasteiger partial charge >= 0.3 is 5.97 Å². The first-order chi connectivity index (χ1) is 9.45. The summed E-state index contributed by atoms with van der Waals surface area (Å²) in [5, 5.41) is 7.62. The number of ketones is 1. The Labute approximate surface area is 116 Å². The molecule has 1 rings (SSSR count). The molecule has 5 nitrogen and oxygen atoms in total. The van der Waals surface area contributed by atoms with Crippen LogP contribution in [0.4, 0.5) is 4.39 Å². The first-order valence-electron chi connectivity index (χ1n) is 6.12. The van der Waals surface area contributed by atoms with Crippen molar-refractivity contribution in [1.82, 2.24) is 0 Å². The van der Waals surface area contributed by atoms with Crippen LogP contribution in [0, 0.1) is 17.1 Å². The van der Waals surface area contributed by atoms with E-state index in [2.05, 4.69) is 0 Å². The Kier molecular flexibility index (Phi) is 5.83. The third-order valence-electron chi connectivity index (χ3n) is 2.52. The van der Waals surface area contributed by atoms with Crippen molar-refractivity contribution in [2.75, 3.05) is 6.61 Å². The summed E-state index contributed by atoms with van der Waals surface area (Å²) in [6, 6.07) is 5.59. The van der Waals surface area contributed by atoms with E-state index in [9.17, 15) is 14.0 Å². The number of nitrogens with one attached hydrogen (secondary N) is 1. The van der Waals surface area contributed by atoms with E-state index in [1.807, 2.05) is 0 Å². The lowest BCUT2D eigenvalue weighted by Gasteiger charge is -2.13. The van der Waals surface area contributed by atoms with Crippen LogP contribution in [-0.2, 0) is 14.3 Å². The second-order valence-corrected chi connectivity index (χ2v) is 4.08. The maximum absolute atomic E-state index is 13.3. The second-order valence-electron chi connectivity index (χ2n) is 4.08. The lowest BCUT2D eigenvalue weighted by Crippen LogP contribution is -2.28. The molecule has 6 heteroatoms. The molecule has 1 aromatic rings. The van der Waals surface area contributed by atoms with Gasteiger partial charge in [0.2, 0.25) is 0 Å². The summed E-state index contributed by atoms with van der Waals surface area (Å²) in [6.45, 7) is 3.00. The minimum Gasteiger partial charge on any atom is -0.465 e. The highest BCUT2D eigenvalue weighted by Gasteiger charge is 2.27. The van der Waals surface area contributed by atoms with Crippen LogP contribution in [0.1, 0.15) is 20.3 Å². The molecule has 1 aromatic carbocycles. The number of carbonyl (C=O) groups is 2. The summed E-state index contributed by atoms with van der Waals surface area (Å²) < 4.78 is 23.1. The molecule has 0 fully saturated rings. The Balaban J connectivity index is 2.70. The van der Waals surface area contributed by atoms with E-state index in [4.69, 9.17) is 14.9 Å². The van der Waals surface area contributed by atoms with Crippen molar-refractivity contribution < 1.29 is 23.5 Å². The summed E-state index contributed by atoms with van der Waals surface area (Å²) in [7, 11) is 0. The summed E-state index contributed by atoms with van der Waals surface area (Å²) in [4.78, 5) is 23.0. The SMILES string of the molecule is CCOC(=O)C(CC(=N)Oc1ccccc1F)C(C)=O. The quantitative estimate of drug-likeness (QED) is 0.376. The van der Waals surface area contributed by atoms with Crippen LogP contribution in [0.3, 0.4) is 0 Å². The standard InChI is InChI=1S/C14H16FNO4/c1-3-19-14(18)10(9(2)17)8-13(16)20-12-7-5-4-6-11(12)15/h4-7,10,16H,3,8H2,1-2H3. The van der Waals surface area contributed by atoms with Crippen molar-refractivity contribution in [1.29, 1.82) is 5.41 Å². The zero-order chi connectivity index (χ0) is 15.1. The molecule has 1 unspecified atom stereocenters. The van der Waals surface area contributed by atoms with Gasteiger partial charge in [-0.1, -0.05) is 12.1 Å². The average molecular weight is 281 g/mol. The van der Waals surface area contributed by atoms with Gasteiger partial charge in [0.25, 0.3) is 0 Å². The molecule has 0 aliphatic heterocycles. The van der Waals surface area contributed by atoms with Crippen molar-refractivity contribution in [2.24, 2.45) is 5.92 Å². The Hall–Kier alpha value is -2.24. The Morgan fingerprint density at radius 3 is 2.55 bits per heavy atom. The molecule has 1 N–H and O–H groups in total. The third-order valence-corrected chi connectivity index (χ3v) is 2.52. The lowest BCUT2D eigenvalue weighted by molar-refractivity contribution is -0.150. The molecule has 0 amide bonds. The van der Waals surface area contributed by atoms with Crippen molar-refractivity contribution in [2.45, 2.75) is 20.3 Å². The average Bonchev–Trinajstić information content (AvgIpc) is 2.38. The van der Waals surface area contributed by atoms with Gasteiger partial charge in [0.15, 0.2) is 17.5 Å². The Morgan fingerprint density at radius 1 is 1.35 bits per heavy atom. The van der Waals surface area contributed by atoms with Gasteiger partial charge in [-0.05, 0) is 26.0 Å². The molecule has 20 heavy (non-hydrogen) atoms. The molecule has 1 atom stereocenters. The van der Waals surface area contributed by atoms with Gasteiger partial charge < -0.3 is 9.47 Å². The van der Waals surface area contributed by atoms with E-state index in [-0.39, 0.29) is 24.7 Å². The fourth-order valence-electron chi connectivity index (χ4n) is 1.52. The topological polar surface area (TPSA) is 76.5 Å². The van der Waals surface area contributed by atoms with E-state index in [1.165, 1.54) is 25.1 Å². The monoisotopic (exact) mass is 281 g/mol. The van der Waals surface area contributed by atoms with Crippen molar-refractivity contribution in [3.05, 3.63) is 30.1 Å². The van der Waals surface area contributed by atoms with Gasteiger partial charge in [-0.15, -0.1) is 0 Å². The number of esters is 1. The molecule has 0 aliphatic rings. The van der Waals surface area contributed by atoms with Gasteiger partial charge in [-0.2, -0.15) is 0 Å². The van der Waals surface area contributed by atoms with Crippen LogP contribution >= 0.6 is 0 Å². The Bertz CT molecular complexity index is 516. The fraction of sp³-hybridized carbons (Fsp3) is 0.357. The number of hydrogen-bond donors (Lipinski definition) is 1. The molecule has 0 aromatic heterocycles. The van der Waals surface area contributed by atoms with Crippen molar-refractivity contribution in [3.63, 3.8) is 0 Å². The Morgan fingerprint density at radius 2 is 2.00 bits per heavy atom. The maximum Gasteiger partial charge on any atom is 0.316 e. The zero-order valence-corrected chi connectivity index (χ0v) is 11.3. The summed E-state index contributed by atoms with van der Waals surface area (Å²) >= 11 is 0. The van der Waals surface area contributed by atoms with Crippen LogP contribution in [0.5, 0.6) is 5.75 Å². The van der Waals surface area contributed by atoms with Crippen molar-refractivity contribution in [3.8, 4) is 5.75 Å². The smallest absolute Gasteiger partial charge is 0.316 e. The highest BCUT2D eigenvalue weighted by atomic mass is 19.1. The normalized spacial score (nSPS) is 11.6. The van der Waals surface area contributed by atoms with Gasteiger partial charge in [0.05, 0.1) is 6.61 Å². The first kappa shape index (κ1) is 15.8. The van der Waals surface area contributed by atoms with Crippen LogP contribution in [0.2, 0.25) is 0 Å². The van der Waals surface area contributed by atoms with Gasteiger partial charge in [-0.3, -0.25) is 15.0 Å². The molecule has 0 radical (unpaired) electrons. The molecular formula is C14H16FNO4. The minimum atomic E-state index is -1.10.